The van der Waals surface area contributed by atoms with E-state index in [-0.39, 0.29) is 24.3 Å². The maximum absolute atomic E-state index is 13.3. The number of amides is 1. The summed E-state index contributed by atoms with van der Waals surface area (Å²) in [6.45, 7) is 1.11. The quantitative estimate of drug-likeness (QED) is 0.878. The molecule has 1 aliphatic heterocycles. The van der Waals surface area contributed by atoms with Gasteiger partial charge in [-0.1, -0.05) is 12.1 Å². The van der Waals surface area contributed by atoms with Gasteiger partial charge in [-0.25, -0.2) is 4.39 Å². The molecule has 5 heteroatoms. The van der Waals surface area contributed by atoms with Crippen LogP contribution in [0.4, 0.5) is 4.39 Å². The monoisotopic (exact) mass is 252 g/mol. The molecule has 1 aromatic rings. The Bertz CT molecular complexity index is 425. The van der Waals surface area contributed by atoms with E-state index in [1.165, 1.54) is 12.1 Å². The Kier molecular flexibility index (Phi) is 4.15. The van der Waals surface area contributed by atoms with Gasteiger partial charge in [0.1, 0.15) is 0 Å². The topological polar surface area (TPSA) is 55.6 Å². The van der Waals surface area contributed by atoms with E-state index < -0.39 is 5.82 Å². The lowest BCUT2D eigenvalue weighted by Crippen LogP contribution is -2.47. The summed E-state index contributed by atoms with van der Waals surface area (Å²) in [4.78, 5) is 13.5. The molecule has 2 N–H and O–H groups in total. The smallest absolute Gasteiger partial charge is 0.260 e. The maximum atomic E-state index is 13.3. The third-order valence-electron chi connectivity index (χ3n) is 3.00. The first-order valence-electron chi connectivity index (χ1n) is 6.07. The zero-order valence-corrected chi connectivity index (χ0v) is 10.1. The van der Waals surface area contributed by atoms with Crippen LogP contribution in [0.2, 0.25) is 0 Å². The van der Waals surface area contributed by atoms with Crippen LogP contribution < -0.4 is 10.5 Å². The van der Waals surface area contributed by atoms with Crippen molar-refractivity contribution in [1.82, 2.24) is 4.90 Å². The second kappa shape index (κ2) is 5.82. The molecule has 0 aliphatic carbocycles. The van der Waals surface area contributed by atoms with Crippen molar-refractivity contribution in [2.24, 2.45) is 5.73 Å². The van der Waals surface area contributed by atoms with Gasteiger partial charge in [-0.05, 0) is 25.0 Å². The number of halogens is 1. The first-order valence-corrected chi connectivity index (χ1v) is 6.07. The van der Waals surface area contributed by atoms with E-state index in [0.29, 0.717) is 13.1 Å². The number of ether oxygens (including phenoxy) is 1. The summed E-state index contributed by atoms with van der Waals surface area (Å²) in [5.74, 6) is -0.499. The number of hydrogen-bond donors (Lipinski definition) is 1. The molecule has 98 valence electrons. The molecular weight excluding hydrogens is 235 g/mol. The zero-order chi connectivity index (χ0) is 13.0. The Morgan fingerprint density at radius 1 is 1.50 bits per heavy atom. The lowest BCUT2D eigenvalue weighted by Gasteiger charge is -2.30. The van der Waals surface area contributed by atoms with Gasteiger partial charge < -0.3 is 15.4 Å². The molecule has 1 aliphatic rings. The predicted molar refractivity (Wildman–Crippen MR) is 65.7 cm³/mol. The first kappa shape index (κ1) is 12.8. The molecule has 1 heterocycles. The van der Waals surface area contributed by atoms with E-state index in [1.54, 1.807) is 17.0 Å². The molecule has 1 aromatic carbocycles. The van der Waals surface area contributed by atoms with Crippen molar-refractivity contribution in [2.45, 2.75) is 18.9 Å². The van der Waals surface area contributed by atoms with E-state index in [0.717, 1.165) is 12.8 Å². The standard InChI is InChI=1S/C13H17FN2O2/c14-11-5-1-2-6-12(11)18-9-13(17)16-7-3-4-10(15)8-16/h1-2,5-6,10H,3-4,7-9,15H2. The van der Waals surface area contributed by atoms with Gasteiger partial charge in [-0.15, -0.1) is 0 Å². The fraction of sp³-hybridized carbons (Fsp3) is 0.462. The Labute approximate surface area is 106 Å². The molecule has 1 fully saturated rings. The van der Waals surface area contributed by atoms with Crippen LogP contribution in [0.1, 0.15) is 12.8 Å². The lowest BCUT2D eigenvalue weighted by molar-refractivity contribution is -0.134. The zero-order valence-electron chi connectivity index (χ0n) is 10.1. The number of hydrogen-bond acceptors (Lipinski definition) is 3. The van der Waals surface area contributed by atoms with Crippen LogP contribution in [0.25, 0.3) is 0 Å². The van der Waals surface area contributed by atoms with Crippen molar-refractivity contribution >= 4 is 5.91 Å². The Morgan fingerprint density at radius 3 is 3.00 bits per heavy atom. The fourth-order valence-electron chi connectivity index (χ4n) is 2.03. The van der Waals surface area contributed by atoms with Gasteiger partial charge >= 0.3 is 0 Å². The van der Waals surface area contributed by atoms with E-state index >= 15 is 0 Å². The number of nitrogens with zero attached hydrogens (tertiary/aromatic N) is 1. The number of nitrogens with two attached hydrogens (primary N) is 1. The number of piperidine rings is 1. The average molecular weight is 252 g/mol. The van der Waals surface area contributed by atoms with Crippen LogP contribution in [0, 0.1) is 5.82 Å². The van der Waals surface area contributed by atoms with Gasteiger partial charge in [0.2, 0.25) is 0 Å². The predicted octanol–water partition coefficient (Wildman–Crippen LogP) is 1.15. The van der Waals surface area contributed by atoms with Gasteiger partial charge in [0, 0.05) is 19.1 Å². The summed E-state index contributed by atoms with van der Waals surface area (Å²) in [5.41, 5.74) is 5.80. The summed E-state index contributed by atoms with van der Waals surface area (Å²) >= 11 is 0. The number of rotatable bonds is 3. The van der Waals surface area contributed by atoms with Gasteiger partial charge in [-0.3, -0.25) is 4.79 Å². The number of benzene rings is 1. The number of para-hydroxylation sites is 1. The van der Waals surface area contributed by atoms with Gasteiger partial charge in [0.15, 0.2) is 18.2 Å². The van der Waals surface area contributed by atoms with E-state index in [9.17, 15) is 9.18 Å². The highest BCUT2D eigenvalue weighted by molar-refractivity contribution is 5.77. The van der Waals surface area contributed by atoms with Crippen LogP contribution in [-0.2, 0) is 4.79 Å². The average Bonchev–Trinajstić information content (AvgIpc) is 2.37. The van der Waals surface area contributed by atoms with Crippen molar-refractivity contribution in [3.05, 3.63) is 30.1 Å². The fourth-order valence-corrected chi connectivity index (χ4v) is 2.03. The summed E-state index contributed by atoms with van der Waals surface area (Å²) < 4.78 is 18.5. The van der Waals surface area contributed by atoms with Crippen molar-refractivity contribution in [1.29, 1.82) is 0 Å². The second-order valence-electron chi connectivity index (χ2n) is 4.46. The number of carbonyl (C=O) groups excluding carboxylic acids is 1. The van der Waals surface area contributed by atoms with Crippen molar-refractivity contribution in [3.8, 4) is 5.75 Å². The molecule has 1 amide bonds. The highest BCUT2D eigenvalue weighted by atomic mass is 19.1. The van der Waals surface area contributed by atoms with E-state index in [1.807, 2.05) is 0 Å². The first-order chi connectivity index (χ1) is 8.66. The molecule has 0 saturated carbocycles. The third kappa shape index (κ3) is 3.20. The number of likely N-dealkylation sites (tertiary alicyclic amines) is 1. The van der Waals surface area contributed by atoms with Gasteiger partial charge in [0.05, 0.1) is 0 Å². The lowest BCUT2D eigenvalue weighted by atomic mass is 10.1. The highest BCUT2D eigenvalue weighted by Gasteiger charge is 2.21. The summed E-state index contributed by atoms with van der Waals surface area (Å²) in [7, 11) is 0. The second-order valence-corrected chi connectivity index (χ2v) is 4.46. The van der Waals surface area contributed by atoms with E-state index in [2.05, 4.69) is 0 Å². The Hall–Kier alpha value is -1.62. The van der Waals surface area contributed by atoms with Crippen LogP contribution in [0.5, 0.6) is 5.75 Å². The Morgan fingerprint density at radius 2 is 2.28 bits per heavy atom. The molecule has 2 rings (SSSR count). The molecular formula is C13H17FN2O2. The van der Waals surface area contributed by atoms with Crippen LogP contribution >= 0.6 is 0 Å². The maximum Gasteiger partial charge on any atom is 0.260 e. The molecule has 1 unspecified atom stereocenters. The molecule has 0 aromatic heterocycles. The minimum atomic E-state index is -0.458. The largest absolute Gasteiger partial charge is 0.481 e. The van der Waals surface area contributed by atoms with Crippen molar-refractivity contribution in [3.63, 3.8) is 0 Å². The number of carbonyl (C=O) groups is 1. The summed E-state index contributed by atoms with van der Waals surface area (Å²) in [6, 6.07) is 6.09. The normalized spacial score (nSPS) is 19.7. The van der Waals surface area contributed by atoms with Crippen LogP contribution in [0.3, 0.4) is 0 Å². The summed E-state index contributed by atoms with van der Waals surface area (Å²) in [5, 5.41) is 0. The minimum Gasteiger partial charge on any atom is -0.481 e. The van der Waals surface area contributed by atoms with E-state index in [4.69, 9.17) is 10.5 Å². The van der Waals surface area contributed by atoms with Crippen molar-refractivity contribution < 1.29 is 13.9 Å². The molecule has 4 nitrogen and oxygen atoms in total. The minimum absolute atomic E-state index is 0.0381. The van der Waals surface area contributed by atoms with Crippen molar-refractivity contribution in [2.75, 3.05) is 19.7 Å². The SMILES string of the molecule is NC1CCCN(C(=O)COc2ccccc2F)C1. The Balaban J connectivity index is 1.86. The molecule has 0 bridgehead atoms. The molecule has 1 saturated heterocycles. The third-order valence-corrected chi connectivity index (χ3v) is 3.00. The summed E-state index contributed by atoms with van der Waals surface area (Å²) in [6.07, 6.45) is 1.85. The van der Waals surface area contributed by atoms with Crippen LogP contribution in [0.15, 0.2) is 24.3 Å². The molecule has 18 heavy (non-hydrogen) atoms. The van der Waals surface area contributed by atoms with Gasteiger partial charge in [-0.2, -0.15) is 0 Å². The molecule has 0 spiro atoms. The van der Waals surface area contributed by atoms with Gasteiger partial charge in [0.25, 0.3) is 5.91 Å². The molecule has 0 radical (unpaired) electrons. The highest BCUT2D eigenvalue weighted by Crippen LogP contribution is 2.16. The molecule has 1 atom stereocenters. The van der Waals surface area contributed by atoms with Crippen LogP contribution in [-0.4, -0.2) is 36.5 Å².